The van der Waals surface area contributed by atoms with Crippen molar-refractivity contribution in [2.45, 2.75) is 31.3 Å². The van der Waals surface area contributed by atoms with Crippen molar-refractivity contribution in [2.24, 2.45) is 0 Å². The molecule has 0 bridgehead atoms. The number of nitrogens with one attached hydrogen (secondary N) is 1. The molecule has 2 heterocycles. The molecule has 3 atom stereocenters. The van der Waals surface area contributed by atoms with Gasteiger partial charge in [-0.2, -0.15) is 0 Å². The van der Waals surface area contributed by atoms with Gasteiger partial charge in [-0.25, -0.2) is 4.39 Å². The van der Waals surface area contributed by atoms with Gasteiger partial charge in [-0.15, -0.1) is 0 Å². The molecule has 2 aliphatic heterocycles. The van der Waals surface area contributed by atoms with E-state index in [1.54, 1.807) is 0 Å². The summed E-state index contributed by atoms with van der Waals surface area (Å²) in [7, 11) is 0. The summed E-state index contributed by atoms with van der Waals surface area (Å²) in [5.74, 6) is 0. The molecule has 2 fully saturated rings. The fourth-order valence-electron chi connectivity index (χ4n) is 1.83. The molecule has 2 N–H and O–H groups in total. The van der Waals surface area contributed by atoms with Gasteiger partial charge in [0.1, 0.15) is 11.3 Å². The fourth-order valence-corrected chi connectivity index (χ4v) is 2.53. The van der Waals surface area contributed by atoms with E-state index in [4.69, 9.17) is 15.3 Å². The first-order chi connectivity index (χ1) is 7.61. The average molecular weight is 248 g/mol. The van der Waals surface area contributed by atoms with Crippen LogP contribution in [0.4, 0.5) is 9.18 Å². The van der Waals surface area contributed by atoms with E-state index in [0.717, 1.165) is 0 Å². The normalized spacial score (nSPS) is 35.9. The number of halogens is 1. The minimum Gasteiger partial charge on any atom is -0.394 e. The largest absolute Gasteiger partial charge is 0.394 e. The molecule has 0 aromatic heterocycles. The maximum atomic E-state index is 13.3. The molecule has 5 nitrogen and oxygen atoms in total. The van der Waals surface area contributed by atoms with Crippen LogP contribution in [0.1, 0.15) is 12.8 Å². The number of alkyl halides is 1. The highest BCUT2D eigenvalue weighted by Gasteiger charge is 2.38. The van der Waals surface area contributed by atoms with Crippen LogP contribution < -0.4 is 0 Å². The van der Waals surface area contributed by atoms with E-state index in [1.165, 1.54) is 4.90 Å². The number of nitrogens with zero attached hydrogens (tertiary/aromatic N) is 1. The van der Waals surface area contributed by atoms with E-state index in [0.29, 0.717) is 24.6 Å². The molecule has 0 aliphatic carbocycles. The topological polar surface area (TPSA) is 73.6 Å². The molecule has 0 radical (unpaired) electrons. The molecular formula is C9H13FN2O3S. The molecule has 7 heteroatoms. The van der Waals surface area contributed by atoms with E-state index in [2.05, 4.69) is 0 Å². The minimum absolute atomic E-state index is 0.0828. The van der Waals surface area contributed by atoms with Gasteiger partial charge in [0.25, 0.3) is 5.24 Å². The summed E-state index contributed by atoms with van der Waals surface area (Å²) in [6.07, 6.45) is -0.855. The second-order valence-corrected chi connectivity index (χ2v) is 4.82. The molecule has 2 saturated heterocycles. The van der Waals surface area contributed by atoms with Gasteiger partial charge in [0, 0.05) is 0 Å². The van der Waals surface area contributed by atoms with Crippen molar-refractivity contribution in [1.29, 1.82) is 5.41 Å². The zero-order chi connectivity index (χ0) is 11.7. The Morgan fingerprint density at radius 2 is 2.38 bits per heavy atom. The van der Waals surface area contributed by atoms with Crippen molar-refractivity contribution in [2.75, 3.05) is 13.2 Å². The van der Waals surface area contributed by atoms with Crippen LogP contribution in [0.15, 0.2) is 0 Å². The number of hydrogen-bond acceptors (Lipinski definition) is 5. The second kappa shape index (κ2) is 4.68. The van der Waals surface area contributed by atoms with E-state index in [1.807, 2.05) is 0 Å². The quantitative estimate of drug-likeness (QED) is 0.763. The lowest BCUT2D eigenvalue weighted by molar-refractivity contribution is -0.0498. The Bertz CT molecular complexity index is 315. The molecule has 1 unspecified atom stereocenters. The highest BCUT2D eigenvalue weighted by molar-refractivity contribution is 8.26. The van der Waals surface area contributed by atoms with Gasteiger partial charge in [0.05, 0.1) is 19.3 Å². The third kappa shape index (κ3) is 2.21. The average Bonchev–Trinajstić information content (AvgIpc) is 2.71. The van der Waals surface area contributed by atoms with Crippen LogP contribution in [-0.4, -0.2) is 51.9 Å². The van der Waals surface area contributed by atoms with E-state index in [-0.39, 0.29) is 29.5 Å². The number of rotatable bonds is 2. The van der Waals surface area contributed by atoms with E-state index < -0.39 is 12.4 Å². The van der Waals surface area contributed by atoms with Gasteiger partial charge < -0.3 is 14.7 Å². The summed E-state index contributed by atoms with van der Waals surface area (Å²) >= 11 is 0.606. The van der Waals surface area contributed by atoms with Crippen molar-refractivity contribution in [3.05, 3.63) is 0 Å². The molecular weight excluding hydrogens is 235 g/mol. The molecule has 90 valence electrons. The summed E-state index contributed by atoms with van der Waals surface area (Å²) in [4.78, 5) is 12.9. The van der Waals surface area contributed by atoms with Crippen molar-refractivity contribution >= 4 is 22.0 Å². The first-order valence-corrected chi connectivity index (χ1v) is 5.90. The Kier molecular flexibility index (Phi) is 3.46. The Morgan fingerprint density at radius 3 is 3.00 bits per heavy atom. The summed E-state index contributed by atoms with van der Waals surface area (Å²) < 4.78 is 18.7. The number of hydrogen-bond donors (Lipinski definition) is 2. The van der Waals surface area contributed by atoms with Gasteiger partial charge in [0.2, 0.25) is 0 Å². The smallest absolute Gasteiger partial charge is 0.289 e. The molecule has 0 spiro atoms. The van der Waals surface area contributed by atoms with Crippen LogP contribution in [0.3, 0.4) is 0 Å². The first-order valence-electron chi connectivity index (χ1n) is 5.09. The molecule has 0 saturated carbocycles. The third-order valence-electron chi connectivity index (χ3n) is 2.71. The van der Waals surface area contributed by atoms with Gasteiger partial charge in [-0.05, 0) is 24.6 Å². The second-order valence-electron chi connectivity index (χ2n) is 3.82. The van der Waals surface area contributed by atoms with Gasteiger partial charge in [0.15, 0.2) is 6.17 Å². The predicted octanol–water partition coefficient (Wildman–Crippen LogP) is 0.968. The molecule has 0 aromatic rings. The Hall–Kier alpha value is -0.660. The fraction of sp³-hybridized carbons (Fsp3) is 0.778. The highest BCUT2D eigenvalue weighted by atomic mass is 32.2. The third-order valence-corrected chi connectivity index (χ3v) is 3.59. The van der Waals surface area contributed by atoms with Crippen LogP contribution in [0.5, 0.6) is 0 Å². The number of aliphatic hydroxyl groups excluding tert-OH is 1. The van der Waals surface area contributed by atoms with Gasteiger partial charge in [-0.3, -0.25) is 10.2 Å². The van der Waals surface area contributed by atoms with Crippen LogP contribution >= 0.6 is 11.8 Å². The molecule has 2 aliphatic rings. The summed E-state index contributed by atoms with van der Waals surface area (Å²) in [5.41, 5.74) is 0. The number of aliphatic hydroxyl groups is 1. The van der Waals surface area contributed by atoms with Gasteiger partial charge in [-0.1, -0.05) is 0 Å². The zero-order valence-electron chi connectivity index (χ0n) is 8.56. The van der Waals surface area contributed by atoms with Gasteiger partial charge >= 0.3 is 0 Å². The number of ether oxygens (including phenoxy) is 1. The Labute approximate surface area is 96.5 Å². The SMILES string of the molecule is N=C1SC(=O)N([C@H]2CC[C@@H](CO)O2)CC1F. The lowest BCUT2D eigenvalue weighted by atomic mass is 10.2. The lowest BCUT2D eigenvalue weighted by Gasteiger charge is -2.32. The van der Waals surface area contributed by atoms with E-state index >= 15 is 0 Å². The molecule has 1 amide bonds. The monoisotopic (exact) mass is 248 g/mol. The number of amides is 1. The number of carbonyl (C=O) groups is 1. The highest BCUT2D eigenvalue weighted by Crippen LogP contribution is 2.29. The Morgan fingerprint density at radius 1 is 1.62 bits per heavy atom. The van der Waals surface area contributed by atoms with Crippen LogP contribution in [0.25, 0.3) is 0 Å². The lowest BCUT2D eigenvalue weighted by Crippen LogP contribution is -2.47. The summed E-state index contributed by atoms with van der Waals surface area (Å²) in [5, 5.41) is 15.5. The Balaban J connectivity index is 1.99. The molecule has 2 rings (SSSR count). The standard InChI is InChI=1S/C9H13FN2O3S/c10-6-3-12(9(14)16-8(6)11)7-2-1-5(4-13)15-7/h5-7,11,13H,1-4H2/t5-,6?,7+/m0/s1. The molecule has 0 aromatic carbocycles. The van der Waals surface area contributed by atoms with Crippen LogP contribution in [0, 0.1) is 5.41 Å². The van der Waals surface area contributed by atoms with Crippen molar-refractivity contribution in [3.63, 3.8) is 0 Å². The number of thioether (sulfide) groups is 1. The van der Waals surface area contributed by atoms with Crippen molar-refractivity contribution < 1.29 is 19.0 Å². The minimum atomic E-state index is -1.42. The molecule has 16 heavy (non-hydrogen) atoms. The summed E-state index contributed by atoms with van der Waals surface area (Å²) in [6, 6.07) is 0. The van der Waals surface area contributed by atoms with E-state index in [9.17, 15) is 9.18 Å². The number of carbonyl (C=O) groups excluding carboxylic acids is 1. The van der Waals surface area contributed by atoms with Crippen LogP contribution in [0.2, 0.25) is 0 Å². The maximum absolute atomic E-state index is 13.3. The van der Waals surface area contributed by atoms with Crippen molar-refractivity contribution in [1.82, 2.24) is 4.90 Å². The zero-order valence-corrected chi connectivity index (χ0v) is 9.37. The summed E-state index contributed by atoms with van der Waals surface area (Å²) in [6.45, 7) is -0.200. The van der Waals surface area contributed by atoms with Crippen LogP contribution in [-0.2, 0) is 4.74 Å². The first kappa shape index (κ1) is 11.8. The predicted molar refractivity (Wildman–Crippen MR) is 57.3 cm³/mol. The maximum Gasteiger partial charge on any atom is 0.289 e. The van der Waals surface area contributed by atoms with Crippen molar-refractivity contribution in [3.8, 4) is 0 Å².